The lowest BCUT2D eigenvalue weighted by molar-refractivity contribution is 0.404. The Morgan fingerprint density at radius 2 is 2.25 bits per heavy atom. The highest BCUT2D eigenvalue weighted by Crippen LogP contribution is 2.22. The van der Waals surface area contributed by atoms with Gasteiger partial charge in [0.2, 0.25) is 0 Å². The topological polar surface area (TPSA) is 74.7 Å². The lowest BCUT2D eigenvalue weighted by atomic mass is 9.91. The summed E-state index contributed by atoms with van der Waals surface area (Å²) < 4.78 is 0. The maximum absolute atomic E-state index is 8.96. The maximum atomic E-state index is 8.96. The number of anilines is 1. The third-order valence-electron chi connectivity index (χ3n) is 3.10. The summed E-state index contributed by atoms with van der Waals surface area (Å²) in [5, 5.41) is 12.3. The summed E-state index contributed by atoms with van der Waals surface area (Å²) in [7, 11) is 0. The molecule has 1 fully saturated rings. The molecule has 16 heavy (non-hydrogen) atoms. The molecule has 1 aliphatic carbocycles. The summed E-state index contributed by atoms with van der Waals surface area (Å²) >= 11 is 0. The van der Waals surface area contributed by atoms with Crippen molar-refractivity contribution in [3.8, 4) is 6.07 Å². The molecule has 84 valence electrons. The number of nitrogens with two attached hydrogens (primary N) is 1. The average Bonchev–Trinajstić information content (AvgIpc) is 2.33. The van der Waals surface area contributed by atoms with E-state index in [2.05, 4.69) is 16.4 Å². The molecule has 1 aromatic rings. The minimum absolute atomic E-state index is 0.181. The maximum Gasteiger partial charge on any atom is 0.101 e. The molecule has 0 unspecified atom stereocenters. The van der Waals surface area contributed by atoms with Crippen molar-refractivity contribution in [2.24, 2.45) is 5.73 Å². The van der Waals surface area contributed by atoms with Gasteiger partial charge >= 0.3 is 0 Å². The minimum Gasteiger partial charge on any atom is -0.378 e. The molecule has 0 saturated heterocycles. The molecule has 0 aromatic carbocycles. The van der Waals surface area contributed by atoms with Gasteiger partial charge in [0, 0.05) is 18.3 Å². The van der Waals surface area contributed by atoms with Crippen LogP contribution in [0.3, 0.4) is 0 Å². The fourth-order valence-corrected chi connectivity index (χ4v) is 2.15. The highest BCUT2D eigenvalue weighted by Gasteiger charge is 2.22. The largest absolute Gasteiger partial charge is 0.378 e. The number of pyridine rings is 1. The van der Waals surface area contributed by atoms with Gasteiger partial charge in [-0.2, -0.15) is 5.26 Å². The van der Waals surface area contributed by atoms with Crippen molar-refractivity contribution < 1.29 is 0 Å². The monoisotopic (exact) mass is 216 g/mol. The molecule has 1 saturated carbocycles. The van der Waals surface area contributed by atoms with E-state index in [0.29, 0.717) is 5.56 Å². The number of aromatic nitrogens is 1. The Hall–Kier alpha value is -1.60. The Labute approximate surface area is 95.5 Å². The molecule has 1 aliphatic rings. The van der Waals surface area contributed by atoms with Gasteiger partial charge in [-0.15, -0.1) is 0 Å². The van der Waals surface area contributed by atoms with E-state index in [0.717, 1.165) is 18.5 Å². The van der Waals surface area contributed by atoms with E-state index >= 15 is 0 Å². The van der Waals surface area contributed by atoms with Gasteiger partial charge in [0.1, 0.15) is 6.07 Å². The predicted molar refractivity (Wildman–Crippen MR) is 62.8 cm³/mol. The van der Waals surface area contributed by atoms with Crippen molar-refractivity contribution in [3.63, 3.8) is 0 Å². The van der Waals surface area contributed by atoms with E-state index in [-0.39, 0.29) is 12.1 Å². The van der Waals surface area contributed by atoms with Gasteiger partial charge in [-0.1, -0.05) is 12.8 Å². The molecule has 0 bridgehead atoms. The number of hydrogen-bond donors (Lipinski definition) is 2. The summed E-state index contributed by atoms with van der Waals surface area (Å²) in [6, 6.07) is 4.33. The third-order valence-corrected chi connectivity index (χ3v) is 3.10. The second kappa shape index (κ2) is 4.95. The number of hydrogen-bond acceptors (Lipinski definition) is 4. The van der Waals surface area contributed by atoms with Crippen molar-refractivity contribution in [2.75, 3.05) is 5.32 Å². The van der Waals surface area contributed by atoms with Crippen LogP contribution in [0.4, 0.5) is 5.69 Å². The van der Waals surface area contributed by atoms with Gasteiger partial charge in [0.15, 0.2) is 0 Å². The number of rotatable bonds is 2. The lowest BCUT2D eigenvalue weighted by Crippen LogP contribution is -2.42. The van der Waals surface area contributed by atoms with Crippen molar-refractivity contribution in [2.45, 2.75) is 37.8 Å². The van der Waals surface area contributed by atoms with E-state index in [1.807, 2.05) is 0 Å². The molecular weight excluding hydrogens is 200 g/mol. The number of nitrogens with one attached hydrogen (secondary N) is 1. The highest BCUT2D eigenvalue weighted by molar-refractivity contribution is 5.56. The SMILES string of the molecule is N#Cc1ccncc1N[C@@H]1CCCC[C@H]1N. The lowest BCUT2D eigenvalue weighted by Gasteiger charge is -2.30. The van der Waals surface area contributed by atoms with Crippen molar-refractivity contribution in [1.82, 2.24) is 4.98 Å². The zero-order chi connectivity index (χ0) is 11.4. The summed E-state index contributed by atoms with van der Waals surface area (Å²) in [5.74, 6) is 0. The molecule has 4 heteroatoms. The number of nitriles is 1. The van der Waals surface area contributed by atoms with Crippen LogP contribution in [0.5, 0.6) is 0 Å². The fourth-order valence-electron chi connectivity index (χ4n) is 2.15. The van der Waals surface area contributed by atoms with Crippen LogP contribution in [-0.4, -0.2) is 17.1 Å². The van der Waals surface area contributed by atoms with Crippen LogP contribution in [-0.2, 0) is 0 Å². The van der Waals surface area contributed by atoms with E-state index in [1.54, 1.807) is 18.5 Å². The zero-order valence-corrected chi connectivity index (χ0v) is 9.19. The first kappa shape index (κ1) is 10.9. The van der Waals surface area contributed by atoms with Crippen LogP contribution in [0.1, 0.15) is 31.2 Å². The summed E-state index contributed by atoms with van der Waals surface area (Å²) in [4.78, 5) is 4.03. The van der Waals surface area contributed by atoms with Gasteiger partial charge < -0.3 is 11.1 Å². The van der Waals surface area contributed by atoms with Crippen molar-refractivity contribution >= 4 is 5.69 Å². The second-order valence-electron chi connectivity index (χ2n) is 4.23. The van der Waals surface area contributed by atoms with Crippen LogP contribution in [0, 0.1) is 11.3 Å². The predicted octanol–water partition coefficient (Wildman–Crippen LogP) is 1.64. The van der Waals surface area contributed by atoms with Crippen LogP contribution < -0.4 is 11.1 Å². The molecule has 2 rings (SSSR count). The third kappa shape index (κ3) is 2.31. The quantitative estimate of drug-likeness (QED) is 0.788. The second-order valence-corrected chi connectivity index (χ2v) is 4.23. The zero-order valence-electron chi connectivity index (χ0n) is 9.19. The molecule has 0 spiro atoms. The first-order valence-electron chi connectivity index (χ1n) is 5.67. The van der Waals surface area contributed by atoms with E-state index in [4.69, 9.17) is 11.0 Å². The van der Waals surface area contributed by atoms with Gasteiger partial charge in [-0.3, -0.25) is 4.98 Å². The van der Waals surface area contributed by atoms with Gasteiger partial charge in [0.25, 0.3) is 0 Å². The molecule has 0 aliphatic heterocycles. The smallest absolute Gasteiger partial charge is 0.101 e. The van der Waals surface area contributed by atoms with Gasteiger partial charge in [0.05, 0.1) is 17.4 Å². The fraction of sp³-hybridized carbons (Fsp3) is 0.500. The van der Waals surface area contributed by atoms with E-state index in [9.17, 15) is 0 Å². The molecular formula is C12H16N4. The average molecular weight is 216 g/mol. The van der Waals surface area contributed by atoms with E-state index in [1.165, 1.54) is 12.8 Å². The van der Waals surface area contributed by atoms with Crippen LogP contribution in [0.2, 0.25) is 0 Å². The summed E-state index contributed by atoms with van der Waals surface area (Å²) in [6.45, 7) is 0. The Balaban J connectivity index is 2.11. The first-order chi connectivity index (χ1) is 7.81. The summed E-state index contributed by atoms with van der Waals surface area (Å²) in [5.41, 5.74) is 7.48. The normalized spacial score (nSPS) is 24.8. The minimum atomic E-state index is 0.181. The Kier molecular flexibility index (Phi) is 3.37. The van der Waals surface area contributed by atoms with E-state index < -0.39 is 0 Å². The van der Waals surface area contributed by atoms with Crippen LogP contribution in [0.15, 0.2) is 18.5 Å². The van der Waals surface area contributed by atoms with Gasteiger partial charge in [-0.25, -0.2) is 0 Å². The first-order valence-corrected chi connectivity index (χ1v) is 5.67. The molecule has 1 aromatic heterocycles. The van der Waals surface area contributed by atoms with Crippen LogP contribution in [0.25, 0.3) is 0 Å². The molecule has 1 heterocycles. The Morgan fingerprint density at radius 1 is 1.44 bits per heavy atom. The summed E-state index contributed by atoms with van der Waals surface area (Å²) in [6.07, 6.45) is 7.86. The molecule has 2 atom stereocenters. The Bertz CT molecular complexity index is 396. The molecule has 3 N–H and O–H groups in total. The number of nitrogens with zero attached hydrogens (tertiary/aromatic N) is 2. The standard InChI is InChI=1S/C12H16N4/c13-7-9-5-6-15-8-12(9)16-11-4-2-1-3-10(11)14/h5-6,8,10-11,16H,1-4,14H2/t10-,11-/m1/s1. The molecule has 0 amide bonds. The Morgan fingerprint density at radius 3 is 3.00 bits per heavy atom. The van der Waals surface area contributed by atoms with Crippen molar-refractivity contribution in [1.29, 1.82) is 5.26 Å². The van der Waals surface area contributed by atoms with Crippen molar-refractivity contribution in [3.05, 3.63) is 24.0 Å². The molecule has 0 radical (unpaired) electrons. The van der Waals surface area contributed by atoms with Gasteiger partial charge in [-0.05, 0) is 18.9 Å². The van der Waals surface area contributed by atoms with Crippen LogP contribution >= 0.6 is 0 Å². The molecule has 4 nitrogen and oxygen atoms in total. The highest BCUT2D eigenvalue weighted by atomic mass is 15.0.